The molecule has 5 heteroatoms. The summed E-state index contributed by atoms with van der Waals surface area (Å²) in [5.74, 6) is 1.41. The van der Waals surface area contributed by atoms with Crippen LogP contribution in [0.1, 0.15) is 13.8 Å². The number of ether oxygens (including phenoxy) is 1. The van der Waals surface area contributed by atoms with Crippen LogP contribution in [0, 0.1) is 5.92 Å². The van der Waals surface area contributed by atoms with Crippen molar-refractivity contribution in [3.8, 4) is 5.75 Å². The summed E-state index contributed by atoms with van der Waals surface area (Å²) in [5.41, 5.74) is 0.840. The molecule has 2 rings (SSSR count). The van der Waals surface area contributed by atoms with Crippen LogP contribution in [0.5, 0.6) is 5.75 Å². The molecule has 98 valence electrons. The zero-order valence-electron chi connectivity index (χ0n) is 10.7. The molecule has 1 unspecified atom stereocenters. The van der Waals surface area contributed by atoms with Gasteiger partial charge in [0, 0.05) is 11.3 Å². The molecule has 1 aromatic rings. The van der Waals surface area contributed by atoms with E-state index in [0.29, 0.717) is 16.2 Å². The molecule has 0 aliphatic carbocycles. The summed E-state index contributed by atoms with van der Waals surface area (Å²) in [6.45, 7) is 5.30. The Labute approximate surface area is 117 Å². The quantitative estimate of drug-likeness (QED) is 0.914. The molecule has 0 aromatic heterocycles. The Morgan fingerprint density at radius 3 is 2.89 bits per heavy atom. The summed E-state index contributed by atoms with van der Waals surface area (Å²) in [4.78, 5) is 4.50. The third-order valence-corrected chi connectivity index (χ3v) is 4.62. The molecule has 0 bridgehead atoms. The van der Waals surface area contributed by atoms with E-state index in [2.05, 4.69) is 24.2 Å². The number of hydrogen-bond donors (Lipinski definition) is 1. The summed E-state index contributed by atoms with van der Waals surface area (Å²) in [6.07, 6.45) is 0. The lowest BCUT2D eigenvalue weighted by atomic mass is 10.1. The Bertz CT molecular complexity index is 462. The van der Waals surface area contributed by atoms with E-state index < -0.39 is 0 Å². The highest BCUT2D eigenvalue weighted by Gasteiger charge is 2.22. The molecule has 3 nitrogen and oxygen atoms in total. The molecule has 0 saturated heterocycles. The fourth-order valence-electron chi connectivity index (χ4n) is 1.65. The van der Waals surface area contributed by atoms with Crippen molar-refractivity contribution in [3.05, 3.63) is 23.2 Å². The second kappa shape index (κ2) is 5.85. The number of anilines is 1. The van der Waals surface area contributed by atoms with Crippen molar-refractivity contribution in [1.29, 1.82) is 0 Å². The van der Waals surface area contributed by atoms with E-state index in [4.69, 9.17) is 16.3 Å². The number of nitrogens with zero attached hydrogens (tertiary/aromatic N) is 1. The Morgan fingerprint density at radius 1 is 1.50 bits per heavy atom. The molecule has 0 radical (unpaired) electrons. The Kier molecular flexibility index (Phi) is 4.40. The van der Waals surface area contributed by atoms with Gasteiger partial charge in [-0.25, -0.2) is 0 Å². The normalized spacial score (nSPS) is 18.9. The average molecular weight is 285 g/mol. The minimum atomic E-state index is 0.553. The van der Waals surface area contributed by atoms with Crippen molar-refractivity contribution in [1.82, 2.24) is 0 Å². The van der Waals surface area contributed by atoms with E-state index in [-0.39, 0.29) is 0 Å². The van der Waals surface area contributed by atoms with E-state index in [1.807, 2.05) is 18.2 Å². The lowest BCUT2D eigenvalue weighted by Crippen LogP contribution is -2.13. The highest BCUT2D eigenvalue weighted by molar-refractivity contribution is 8.15. The van der Waals surface area contributed by atoms with Crippen LogP contribution in [-0.2, 0) is 0 Å². The van der Waals surface area contributed by atoms with Gasteiger partial charge in [-0.3, -0.25) is 4.99 Å². The molecule has 0 spiro atoms. The molecule has 1 atom stereocenters. The minimum absolute atomic E-state index is 0.553. The molecule has 1 aliphatic rings. The highest BCUT2D eigenvalue weighted by atomic mass is 35.5. The number of thioether (sulfide) groups is 1. The number of hydrogen-bond acceptors (Lipinski definition) is 4. The largest absolute Gasteiger partial charge is 0.497 e. The van der Waals surface area contributed by atoms with Gasteiger partial charge >= 0.3 is 0 Å². The molecule has 1 heterocycles. The number of halogens is 1. The summed E-state index contributed by atoms with van der Waals surface area (Å²) < 4.78 is 5.19. The number of amidine groups is 1. The second-order valence-corrected chi connectivity index (χ2v) is 6.15. The zero-order valence-corrected chi connectivity index (χ0v) is 12.3. The first-order valence-corrected chi connectivity index (χ1v) is 7.17. The lowest BCUT2D eigenvalue weighted by Gasteiger charge is -2.13. The van der Waals surface area contributed by atoms with E-state index >= 15 is 0 Å². The molecule has 0 amide bonds. The van der Waals surface area contributed by atoms with Gasteiger partial charge in [0.1, 0.15) is 5.75 Å². The maximum atomic E-state index is 6.15. The van der Waals surface area contributed by atoms with Crippen LogP contribution in [0.3, 0.4) is 0 Å². The maximum absolute atomic E-state index is 6.15. The Hall–Kier alpha value is -0.870. The topological polar surface area (TPSA) is 33.6 Å². The van der Waals surface area contributed by atoms with Crippen LogP contribution in [0.15, 0.2) is 23.2 Å². The van der Waals surface area contributed by atoms with Gasteiger partial charge in [0.2, 0.25) is 0 Å². The summed E-state index contributed by atoms with van der Waals surface area (Å²) in [5, 5.41) is 5.43. The van der Waals surface area contributed by atoms with Crippen molar-refractivity contribution in [3.63, 3.8) is 0 Å². The number of nitrogens with one attached hydrogen (secondary N) is 1. The van der Waals surface area contributed by atoms with E-state index in [1.165, 1.54) is 0 Å². The molecule has 0 saturated carbocycles. The van der Waals surface area contributed by atoms with Crippen molar-refractivity contribution < 1.29 is 4.74 Å². The monoisotopic (exact) mass is 284 g/mol. The van der Waals surface area contributed by atoms with Gasteiger partial charge in [-0.05, 0) is 18.1 Å². The molecule has 18 heavy (non-hydrogen) atoms. The van der Waals surface area contributed by atoms with Gasteiger partial charge in [-0.2, -0.15) is 0 Å². The predicted octanol–water partition coefficient (Wildman–Crippen LogP) is 3.89. The minimum Gasteiger partial charge on any atom is -0.497 e. The first-order valence-electron chi connectivity index (χ1n) is 5.92. The van der Waals surface area contributed by atoms with Gasteiger partial charge < -0.3 is 10.1 Å². The van der Waals surface area contributed by atoms with Gasteiger partial charge in [0.05, 0.1) is 24.4 Å². The SMILES string of the molecule is COc1ccc(Cl)c(NC2=NCC(C(C)C)S2)c1. The molecule has 0 fully saturated rings. The zero-order chi connectivity index (χ0) is 13.1. The summed E-state index contributed by atoms with van der Waals surface area (Å²) >= 11 is 7.92. The molecule has 1 aromatic carbocycles. The van der Waals surface area contributed by atoms with Crippen molar-refractivity contribution in [2.24, 2.45) is 10.9 Å². The van der Waals surface area contributed by atoms with Crippen LogP contribution in [0.2, 0.25) is 5.02 Å². The second-order valence-electron chi connectivity index (χ2n) is 4.52. The number of aliphatic imine (C=N–C) groups is 1. The van der Waals surface area contributed by atoms with Crippen LogP contribution in [0.25, 0.3) is 0 Å². The predicted molar refractivity (Wildman–Crippen MR) is 80.1 cm³/mol. The van der Waals surface area contributed by atoms with Gasteiger partial charge in [0.25, 0.3) is 0 Å². The van der Waals surface area contributed by atoms with Gasteiger partial charge in [-0.15, -0.1) is 0 Å². The van der Waals surface area contributed by atoms with Gasteiger partial charge in [-0.1, -0.05) is 37.2 Å². The first kappa shape index (κ1) is 13.6. The Morgan fingerprint density at radius 2 is 2.28 bits per heavy atom. The number of rotatable bonds is 3. The Balaban J connectivity index is 2.06. The maximum Gasteiger partial charge on any atom is 0.161 e. The van der Waals surface area contributed by atoms with Crippen molar-refractivity contribution in [2.45, 2.75) is 19.1 Å². The molecule has 1 N–H and O–H groups in total. The van der Waals surface area contributed by atoms with E-state index in [0.717, 1.165) is 23.1 Å². The molecule has 1 aliphatic heterocycles. The van der Waals surface area contributed by atoms with Crippen molar-refractivity contribution >= 4 is 34.2 Å². The third kappa shape index (κ3) is 3.12. The fraction of sp³-hybridized carbons (Fsp3) is 0.462. The van der Waals surface area contributed by atoms with Crippen LogP contribution < -0.4 is 10.1 Å². The van der Waals surface area contributed by atoms with E-state index in [1.54, 1.807) is 18.9 Å². The van der Waals surface area contributed by atoms with Crippen LogP contribution in [-0.4, -0.2) is 24.1 Å². The molecular weight excluding hydrogens is 268 g/mol. The highest BCUT2D eigenvalue weighted by Crippen LogP contribution is 2.31. The van der Waals surface area contributed by atoms with Gasteiger partial charge in [0.15, 0.2) is 5.17 Å². The number of benzene rings is 1. The fourth-order valence-corrected chi connectivity index (χ4v) is 2.84. The summed E-state index contributed by atoms with van der Waals surface area (Å²) in [7, 11) is 1.64. The smallest absolute Gasteiger partial charge is 0.161 e. The van der Waals surface area contributed by atoms with Crippen molar-refractivity contribution in [2.75, 3.05) is 19.0 Å². The van der Waals surface area contributed by atoms with Crippen LogP contribution >= 0.6 is 23.4 Å². The number of methoxy groups -OCH3 is 1. The summed E-state index contributed by atoms with van der Waals surface area (Å²) in [6, 6.07) is 5.55. The van der Waals surface area contributed by atoms with Crippen LogP contribution in [0.4, 0.5) is 5.69 Å². The first-order chi connectivity index (χ1) is 8.60. The standard InChI is InChI=1S/C13H17ClN2OS/c1-8(2)12-7-15-13(18-12)16-11-6-9(17-3)4-5-10(11)14/h4-6,8,12H,7H2,1-3H3,(H,15,16). The third-order valence-electron chi connectivity index (χ3n) is 2.84. The lowest BCUT2D eigenvalue weighted by molar-refractivity contribution is 0.415. The molecular formula is C13H17ClN2OS. The van der Waals surface area contributed by atoms with E-state index in [9.17, 15) is 0 Å². The average Bonchev–Trinajstić information content (AvgIpc) is 2.81.